The zero-order valence-electron chi connectivity index (χ0n) is 13.0. The maximum absolute atomic E-state index is 12.6. The molecule has 2 rings (SSSR count). The zero-order chi connectivity index (χ0) is 18.0. The van der Waals surface area contributed by atoms with Crippen LogP contribution in [0.25, 0.3) is 0 Å². The van der Waals surface area contributed by atoms with Crippen molar-refractivity contribution in [3.05, 3.63) is 59.7 Å². The van der Waals surface area contributed by atoms with Crippen molar-refractivity contribution in [3.63, 3.8) is 0 Å². The lowest BCUT2D eigenvalue weighted by molar-refractivity contribution is -0.137. The number of benzene rings is 2. The summed E-state index contributed by atoms with van der Waals surface area (Å²) in [6.07, 6.45) is -4.42. The predicted octanol–water partition coefficient (Wildman–Crippen LogP) is 3.53. The molecule has 0 bridgehead atoms. The number of alkyl halides is 3. The molecule has 0 spiro atoms. The third-order valence-electron chi connectivity index (χ3n) is 3.44. The van der Waals surface area contributed by atoms with Crippen molar-refractivity contribution < 1.29 is 26.3 Å². The summed E-state index contributed by atoms with van der Waals surface area (Å²) in [5.74, 6) is 0.205. The van der Waals surface area contributed by atoms with E-state index >= 15 is 0 Å². The van der Waals surface area contributed by atoms with Crippen molar-refractivity contribution in [3.8, 4) is 5.75 Å². The molecule has 2 aromatic rings. The van der Waals surface area contributed by atoms with E-state index in [9.17, 15) is 21.6 Å². The third-order valence-corrected chi connectivity index (χ3v) is 5.29. The number of ether oxygens (including phenoxy) is 1. The van der Waals surface area contributed by atoms with E-state index in [1.54, 1.807) is 12.1 Å². The molecule has 0 amide bonds. The average molecular weight is 359 g/mol. The molecule has 8 heteroatoms. The molecule has 2 aromatic carbocycles. The standard InChI is InChI=1S/C16H16F3NO3S/c1-20(11-12-7-9-13(10-8-12)16(17,18)19)24(21,22)15-6-4-3-5-14(15)23-2/h3-10H,11H2,1-2H3. The molecule has 0 radical (unpaired) electrons. The van der Waals surface area contributed by atoms with Gasteiger partial charge in [-0.05, 0) is 29.8 Å². The van der Waals surface area contributed by atoms with Gasteiger partial charge < -0.3 is 4.74 Å². The Kier molecular flexibility index (Phi) is 5.19. The Bertz CT molecular complexity index is 802. The van der Waals surface area contributed by atoms with Gasteiger partial charge in [-0.25, -0.2) is 8.42 Å². The number of halogens is 3. The fourth-order valence-electron chi connectivity index (χ4n) is 2.14. The maximum Gasteiger partial charge on any atom is 0.416 e. The second-order valence-electron chi connectivity index (χ2n) is 5.11. The Balaban J connectivity index is 2.24. The largest absolute Gasteiger partial charge is 0.495 e. The van der Waals surface area contributed by atoms with Gasteiger partial charge in [-0.15, -0.1) is 0 Å². The summed E-state index contributed by atoms with van der Waals surface area (Å²) >= 11 is 0. The molecule has 24 heavy (non-hydrogen) atoms. The quantitative estimate of drug-likeness (QED) is 0.820. The molecule has 0 saturated carbocycles. The molecule has 4 nitrogen and oxygen atoms in total. The van der Waals surface area contributed by atoms with E-state index in [2.05, 4.69) is 0 Å². The van der Waals surface area contributed by atoms with E-state index in [0.29, 0.717) is 5.56 Å². The maximum atomic E-state index is 12.6. The molecule has 0 N–H and O–H groups in total. The second kappa shape index (κ2) is 6.82. The predicted molar refractivity (Wildman–Crippen MR) is 83.1 cm³/mol. The number of rotatable bonds is 5. The third kappa shape index (κ3) is 3.88. The Labute approximate surface area is 138 Å². The fourth-order valence-corrected chi connectivity index (χ4v) is 3.45. The summed E-state index contributed by atoms with van der Waals surface area (Å²) in [5.41, 5.74) is -0.328. The van der Waals surface area contributed by atoms with Gasteiger partial charge in [-0.3, -0.25) is 0 Å². The molecule has 0 saturated heterocycles. The lowest BCUT2D eigenvalue weighted by atomic mass is 10.1. The van der Waals surface area contributed by atoms with Gasteiger partial charge >= 0.3 is 6.18 Å². The van der Waals surface area contributed by atoms with Crippen LogP contribution < -0.4 is 4.74 Å². The summed E-state index contributed by atoms with van der Waals surface area (Å²) in [5, 5.41) is 0. The molecule has 0 heterocycles. The Morgan fingerprint density at radius 3 is 2.17 bits per heavy atom. The van der Waals surface area contributed by atoms with Crippen LogP contribution in [0.5, 0.6) is 5.75 Å². The van der Waals surface area contributed by atoms with Crippen molar-refractivity contribution >= 4 is 10.0 Å². The highest BCUT2D eigenvalue weighted by Gasteiger charge is 2.30. The van der Waals surface area contributed by atoms with Crippen LogP contribution in [0.4, 0.5) is 13.2 Å². The van der Waals surface area contributed by atoms with Gasteiger partial charge in [0, 0.05) is 13.6 Å². The first-order chi connectivity index (χ1) is 11.2. The number of nitrogens with zero attached hydrogens (tertiary/aromatic N) is 1. The molecule has 0 aliphatic carbocycles. The SMILES string of the molecule is COc1ccccc1S(=O)(=O)N(C)Cc1ccc(C(F)(F)F)cc1. The smallest absolute Gasteiger partial charge is 0.416 e. The molecule has 130 valence electrons. The van der Waals surface area contributed by atoms with Gasteiger partial charge in [-0.1, -0.05) is 24.3 Å². The molecular formula is C16H16F3NO3S. The van der Waals surface area contributed by atoms with Gasteiger partial charge in [0.1, 0.15) is 10.6 Å². The van der Waals surface area contributed by atoms with Crippen molar-refractivity contribution in [1.29, 1.82) is 0 Å². The van der Waals surface area contributed by atoms with Gasteiger partial charge in [-0.2, -0.15) is 17.5 Å². The van der Waals surface area contributed by atoms with Crippen LogP contribution in [0.2, 0.25) is 0 Å². The van der Waals surface area contributed by atoms with E-state index < -0.39 is 21.8 Å². The number of sulfonamides is 1. The molecule has 0 fully saturated rings. The lowest BCUT2D eigenvalue weighted by Crippen LogP contribution is -2.27. The Morgan fingerprint density at radius 2 is 1.62 bits per heavy atom. The van der Waals surface area contributed by atoms with Crippen LogP contribution in [0.1, 0.15) is 11.1 Å². The summed E-state index contributed by atoms with van der Waals surface area (Å²) in [6, 6.07) is 10.5. The van der Waals surface area contributed by atoms with Gasteiger partial charge in [0.15, 0.2) is 0 Å². The molecule has 0 aliphatic rings. The van der Waals surface area contributed by atoms with Crippen LogP contribution in [0, 0.1) is 0 Å². The van der Waals surface area contributed by atoms with E-state index in [4.69, 9.17) is 4.74 Å². The van der Waals surface area contributed by atoms with Gasteiger partial charge in [0.25, 0.3) is 0 Å². The fraction of sp³-hybridized carbons (Fsp3) is 0.250. The van der Waals surface area contributed by atoms with Crippen molar-refractivity contribution in [2.24, 2.45) is 0 Å². The summed E-state index contributed by atoms with van der Waals surface area (Å²) < 4.78 is 69.0. The van der Waals surface area contributed by atoms with E-state index in [1.165, 1.54) is 38.4 Å². The number of hydrogen-bond acceptors (Lipinski definition) is 3. The Hall–Kier alpha value is -2.06. The van der Waals surface area contributed by atoms with E-state index in [1.807, 2.05) is 0 Å². The number of methoxy groups -OCH3 is 1. The van der Waals surface area contributed by atoms with Gasteiger partial charge in [0.05, 0.1) is 12.7 Å². The van der Waals surface area contributed by atoms with E-state index in [0.717, 1.165) is 16.4 Å². The molecule has 0 atom stereocenters. The molecular weight excluding hydrogens is 343 g/mol. The first kappa shape index (κ1) is 18.3. The van der Waals surface area contributed by atoms with Crippen molar-refractivity contribution in [2.45, 2.75) is 17.6 Å². The topological polar surface area (TPSA) is 46.6 Å². The zero-order valence-corrected chi connectivity index (χ0v) is 13.9. The first-order valence-electron chi connectivity index (χ1n) is 6.92. The van der Waals surface area contributed by atoms with Crippen LogP contribution in [-0.4, -0.2) is 26.9 Å². The minimum Gasteiger partial charge on any atom is -0.495 e. The number of para-hydroxylation sites is 1. The number of hydrogen-bond donors (Lipinski definition) is 0. The van der Waals surface area contributed by atoms with Crippen molar-refractivity contribution in [1.82, 2.24) is 4.31 Å². The Morgan fingerprint density at radius 1 is 1.04 bits per heavy atom. The van der Waals surface area contributed by atoms with Crippen molar-refractivity contribution in [2.75, 3.05) is 14.2 Å². The van der Waals surface area contributed by atoms with E-state index in [-0.39, 0.29) is 17.2 Å². The summed E-state index contributed by atoms with van der Waals surface area (Å²) in [6.45, 7) is -0.0570. The summed E-state index contributed by atoms with van der Waals surface area (Å²) in [7, 11) is -1.11. The molecule has 0 aliphatic heterocycles. The minimum atomic E-state index is -4.42. The highest BCUT2D eigenvalue weighted by atomic mass is 32.2. The van der Waals surface area contributed by atoms with Gasteiger partial charge in [0.2, 0.25) is 10.0 Å². The van der Waals surface area contributed by atoms with Crippen LogP contribution >= 0.6 is 0 Å². The highest BCUT2D eigenvalue weighted by Crippen LogP contribution is 2.30. The summed E-state index contributed by atoms with van der Waals surface area (Å²) in [4.78, 5) is 0.00177. The monoisotopic (exact) mass is 359 g/mol. The molecule has 0 aromatic heterocycles. The van der Waals surface area contributed by atoms with Crippen LogP contribution in [0.15, 0.2) is 53.4 Å². The van der Waals surface area contributed by atoms with Crippen LogP contribution in [-0.2, 0) is 22.7 Å². The normalized spacial score (nSPS) is 12.4. The average Bonchev–Trinajstić information content (AvgIpc) is 2.54. The lowest BCUT2D eigenvalue weighted by Gasteiger charge is -2.19. The highest BCUT2D eigenvalue weighted by molar-refractivity contribution is 7.89. The van der Waals surface area contributed by atoms with Crippen LogP contribution in [0.3, 0.4) is 0 Å². The minimum absolute atomic E-state index is 0.00177. The molecule has 0 unspecified atom stereocenters. The second-order valence-corrected chi connectivity index (χ2v) is 7.12. The first-order valence-corrected chi connectivity index (χ1v) is 8.36.